The summed E-state index contributed by atoms with van der Waals surface area (Å²) >= 11 is 1.80. The van der Waals surface area contributed by atoms with Crippen LogP contribution in [0.4, 0.5) is 0 Å². The van der Waals surface area contributed by atoms with E-state index in [1.54, 1.807) is 11.3 Å². The molecule has 1 N–H and O–H groups in total. The Morgan fingerprint density at radius 1 is 1.60 bits per heavy atom. The molecule has 0 spiro atoms. The van der Waals surface area contributed by atoms with Crippen molar-refractivity contribution in [2.75, 3.05) is 7.05 Å². The lowest BCUT2D eigenvalue weighted by atomic mass is 9.90. The molecular weight excluding hydrogens is 208 g/mol. The van der Waals surface area contributed by atoms with Crippen LogP contribution in [0.15, 0.2) is 5.38 Å². The molecular formula is C11H16N2OS. The molecule has 3 unspecified atom stereocenters. The quantitative estimate of drug-likeness (QED) is 0.851. The third-order valence-corrected chi connectivity index (χ3v) is 4.38. The smallest absolute Gasteiger partial charge is 0.0986 e. The van der Waals surface area contributed by atoms with Crippen LogP contribution in [0.1, 0.15) is 35.9 Å². The topological polar surface area (TPSA) is 34.1 Å². The van der Waals surface area contributed by atoms with Gasteiger partial charge in [0, 0.05) is 17.8 Å². The molecule has 1 aromatic rings. The van der Waals surface area contributed by atoms with Gasteiger partial charge in [-0.1, -0.05) is 0 Å². The highest BCUT2D eigenvalue weighted by atomic mass is 32.1. The number of thiazole rings is 1. The van der Waals surface area contributed by atoms with Gasteiger partial charge in [-0.15, -0.1) is 11.3 Å². The zero-order valence-electron chi connectivity index (χ0n) is 8.90. The summed E-state index contributed by atoms with van der Waals surface area (Å²) in [7, 11) is 1.96. The van der Waals surface area contributed by atoms with Gasteiger partial charge in [-0.2, -0.15) is 0 Å². The molecule has 2 aliphatic rings. The predicted octanol–water partition coefficient (Wildman–Crippen LogP) is 1.90. The van der Waals surface area contributed by atoms with E-state index >= 15 is 0 Å². The summed E-state index contributed by atoms with van der Waals surface area (Å²) in [6.07, 6.45) is 4.67. The fourth-order valence-corrected chi connectivity index (χ4v) is 3.64. The Morgan fingerprint density at radius 2 is 2.53 bits per heavy atom. The zero-order chi connectivity index (χ0) is 10.3. The van der Waals surface area contributed by atoms with Crippen LogP contribution in [0.2, 0.25) is 0 Å². The molecule has 3 nitrogen and oxygen atoms in total. The van der Waals surface area contributed by atoms with Gasteiger partial charge in [0.2, 0.25) is 0 Å². The summed E-state index contributed by atoms with van der Waals surface area (Å²) in [6, 6.07) is 0. The minimum Gasteiger partial charge on any atom is -0.374 e. The molecule has 0 aliphatic carbocycles. The molecule has 2 fully saturated rings. The molecule has 3 atom stereocenters. The number of rotatable bonds is 3. The number of hydrogen-bond acceptors (Lipinski definition) is 4. The summed E-state index contributed by atoms with van der Waals surface area (Å²) in [6.45, 7) is 0.873. The number of aromatic nitrogens is 1. The lowest BCUT2D eigenvalue weighted by Crippen LogP contribution is -2.14. The van der Waals surface area contributed by atoms with Crippen LogP contribution in [0.5, 0.6) is 0 Å². The summed E-state index contributed by atoms with van der Waals surface area (Å²) in [5.74, 6) is 0.583. The number of ether oxygens (including phenoxy) is 1. The molecule has 2 saturated heterocycles. The second-order valence-electron chi connectivity index (χ2n) is 4.42. The molecule has 2 bridgehead atoms. The van der Waals surface area contributed by atoms with Crippen LogP contribution < -0.4 is 5.32 Å². The Hall–Kier alpha value is -0.450. The predicted molar refractivity (Wildman–Crippen MR) is 60.1 cm³/mol. The molecule has 3 heterocycles. The highest BCUT2D eigenvalue weighted by Crippen LogP contribution is 2.45. The molecule has 0 aromatic carbocycles. The first-order valence-corrected chi connectivity index (χ1v) is 6.49. The first kappa shape index (κ1) is 9.75. The third-order valence-electron chi connectivity index (χ3n) is 3.35. The Morgan fingerprint density at radius 3 is 3.20 bits per heavy atom. The number of fused-ring (bicyclic) bond motifs is 2. The van der Waals surface area contributed by atoms with Gasteiger partial charge >= 0.3 is 0 Å². The lowest BCUT2D eigenvalue weighted by molar-refractivity contribution is 0.100. The van der Waals surface area contributed by atoms with E-state index in [0.29, 0.717) is 18.1 Å². The summed E-state index contributed by atoms with van der Waals surface area (Å²) in [4.78, 5) is 4.68. The average Bonchev–Trinajstić information content (AvgIpc) is 2.91. The van der Waals surface area contributed by atoms with Gasteiger partial charge in [0.15, 0.2) is 0 Å². The molecule has 1 aromatic heterocycles. The summed E-state index contributed by atoms with van der Waals surface area (Å²) < 4.78 is 5.86. The van der Waals surface area contributed by atoms with Crippen molar-refractivity contribution in [1.29, 1.82) is 0 Å². The lowest BCUT2D eigenvalue weighted by Gasteiger charge is -2.15. The normalized spacial score (nSPS) is 33.8. The van der Waals surface area contributed by atoms with E-state index < -0.39 is 0 Å². The summed E-state index contributed by atoms with van der Waals surface area (Å²) in [5, 5.41) is 6.58. The van der Waals surface area contributed by atoms with Gasteiger partial charge in [-0.25, -0.2) is 4.98 Å². The van der Waals surface area contributed by atoms with E-state index in [1.807, 2.05) is 7.05 Å². The standard InChI is InChI=1S/C11H16N2OS/c1-12-5-7-6-15-11(13-7)9-4-8-2-3-10(9)14-8/h6,8-10,12H,2-5H2,1H3. The Kier molecular flexibility index (Phi) is 2.50. The van der Waals surface area contributed by atoms with E-state index in [9.17, 15) is 0 Å². The number of hydrogen-bond donors (Lipinski definition) is 1. The van der Waals surface area contributed by atoms with Crippen molar-refractivity contribution in [3.05, 3.63) is 16.1 Å². The SMILES string of the molecule is CNCc1csc(C2CC3CCC2O3)n1. The van der Waals surface area contributed by atoms with Gasteiger partial charge in [0.05, 0.1) is 22.9 Å². The van der Waals surface area contributed by atoms with Crippen LogP contribution >= 0.6 is 11.3 Å². The Balaban J connectivity index is 1.75. The molecule has 15 heavy (non-hydrogen) atoms. The first-order chi connectivity index (χ1) is 7.36. The fourth-order valence-electron chi connectivity index (χ4n) is 2.65. The minimum absolute atomic E-state index is 0.462. The van der Waals surface area contributed by atoms with Crippen LogP contribution in [0, 0.1) is 0 Å². The third kappa shape index (κ3) is 1.71. The van der Waals surface area contributed by atoms with Crippen molar-refractivity contribution in [2.24, 2.45) is 0 Å². The van der Waals surface area contributed by atoms with Crippen molar-refractivity contribution in [2.45, 2.75) is 43.9 Å². The van der Waals surface area contributed by atoms with Crippen molar-refractivity contribution in [1.82, 2.24) is 10.3 Å². The van der Waals surface area contributed by atoms with Crippen LogP contribution in [0.25, 0.3) is 0 Å². The number of nitrogens with zero attached hydrogens (tertiary/aromatic N) is 1. The Bertz CT molecular complexity index is 352. The average molecular weight is 224 g/mol. The van der Waals surface area contributed by atoms with Gasteiger partial charge < -0.3 is 10.1 Å². The minimum atomic E-state index is 0.462. The maximum absolute atomic E-state index is 5.86. The maximum atomic E-state index is 5.86. The van der Waals surface area contributed by atoms with E-state index in [-0.39, 0.29) is 0 Å². The molecule has 82 valence electrons. The summed E-state index contributed by atoms with van der Waals surface area (Å²) in [5.41, 5.74) is 1.17. The Labute approximate surface area is 93.9 Å². The van der Waals surface area contributed by atoms with E-state index in [1.165, 1.54) is 30.0 Å². The molecule has 0 saturated carbocycles. The van der Waals surface area contributed by atoms with Crippen molar-refractivity contribution >= 4 is 11.3 Å². The first-order valence-electron chi connectivity index (χ1n) is 5.61. The molecule has 3 rings (SSSR count). The van der Waals surface area contributed by atoms with E-state index in [2.05, 4.69) is 15.7 Å². The maximum Gasteiger partial charge on any atom is 0.0986 e. The van der Waals surface area contributed by atoms with Crippen LogP contribution in [-0.2, 0) is 11.3 Å². The zero-order valence-corrected chi connectivity index (χ0v) is 9.72. The molecule has 4 heteroatoms. The van der Waals surface area contributed by atoms with Gasteiger partial charge in [-0.3, -0.25) is 0 Å². The van der Waals surface area contributed by atoms with Crippen molar-refractivity contribution in [3.63, 3.8) is 0 Å². The second kappa shape index (κ2) is 3.85. The van der Waals surface area contributed by atoms with Gasteiger partial charge in [0.1, 0.15) is 0 Å². The van der Waals surface area contributed by atoms with Crippen LogP contribution in [0.3, 0.4) is 0 Å². The highest BCUT2D eigenvalue weighted by molar-refractivity contribution is 7.09. The van der Waals surface area contributed by atoms with E-state index in [0.717, 1.165) is 6.54 Å². The van der Waals surface area contributed by atoms with E-state index in [4.69, 9.17) is 4.74 Å². The van der Waals surface area contributed by atoms with Gasteiger partial charge in [0.25, 0.3) is 0 Å². The van der Waals surface area contributed by atoms with Crippen LogP contribution in [-0.4, -0.2) is 24.2 Å². The number of nitrogens with one attached hydrogen (secondary N) is 1. The van der Waals surface area contributed by atoms with Gasteiger partial charge in [-0.05, 0) is 26.3 Å². The van der Waals surface area contributed by atoms with Crippen molar-refractivity contribution in [3.8, 4) is 0 Å². The highest BCUT2D eigenvalue weighted by Gasteiger charge is 2.42. The monoisotopic (exact) mass is 224 g/mol. The molecule has 2 aliphatic heterocycles. The molecule has 0 amide bonds. The second-order valence-corrected chi connectivity index (χ2v) is 5.31. The molecule has 0 radical (unpaired) electrons. The largest absolute Gasteiger partial charge is 0.374 e. The fraction of sp³-hybridized carbons (Fsp3) is 0.727. The van der Waals surface area contributed by atoms with Crippen molar-refractivity contribution < 1.29 is 4.74 Å².